The van der Waals surface area contributed by atoms with E-state index < -0.39 is 18.0 Å². The molecule has 14 nitrogen and oxygen atoms in total. The van der Waals surface area contributed by atoms with E-state index in [9.17, 15) is 20.0 Å². The predicted octanol–water partition coefficient (Wildman–Crippen LogP) is 0.356. The fourth-order valence-corrected chi connectivity index (χ4v) is 4.10. The van der Waals surface area contributed by atoms with Gasteiger partial charge in [-0.2, -0.15) is 5.26 Å². The largest absolute Gasteiger partial charge is 0.465 e. The molecule has 0 aromatic carbocycles. The van der Waals surface area contributed by atoms with Crippen molar-refractivity contribution < 1.29 is 19.1 Å². The maximum Gasteiger partial charge on any atom is 0.407 e. The average molecular weight is 464 g/mol. The van der Waals surface area contributed by atoms with Crippen molar-refractivity contribution in [1.29, 1.82) is 5.26 Å². The average Bonchev–Trinajstić information content (AvgIpc) is 3.54. The van der Waals surface area contributed by atoms with E-state index in [0.29, 0.717) is 29.9 Å². The Morgan fingerprint density at radius 2 is 2.18 bits per heavy atom. The summed E-state index contributed by atoms with van der Waals surface area (Å²) in [7, 11) is 0. The second-order valence-corrected chi connectivity index (χ2v) is 8.08. The minimum absolute atomic E-state index is 0.0827. The number of nitrogens with zero attached hydrogens (tertiary/aromatic N) is 9. The van der Waals surface area contributed by atoms with Gasteiger partial charge in [-0.3, -0.25) is 9.48 Å². The second kappa shape index (κ2) is 8.77. The Kier molecular flexibility index (Phi) is 5.50. The van der Waals surface area contributed by atoms with Gasteiger partial charge in [-0.05, 0) is 18.9 Å². The molecule has 0 saturated carbocycles. The van der Waals surface area contributed by atoms with Crippen LogP contribution in [0.1, 0.15) is 29.1 Å². The van der Waals surface area contributed by atoms with Crippen molar-refractivity contribution >= 4 is 17.8 Å². The molecule has 0 aliphatic carbocycles. The van der Waals surface area contributed by atoms with Crippen molar-refractivity contribution in [3.05, 3.63) is 36.1 Å². The zero-order valence-corrected chi connectivity index (χ0v) is 17.9. The number of nitrogens with one attached hydrogen (secondary N) is 1. The highest BCUT2D eigenvalue weighted by atomic mass is 16.4. The monoisotopic (exact) mass is 464 g/mol. The summed E-state index contributed by atoms with van der Waals surface area (Å²) >= 11 is 0. The van der Waals surface area contributed by atoms with Crippen LogP contribution in [0.2, 0.25) is 0 Å². The first-order valence-corrected chi connectivity index (χ1v) is 10.7. The lowest BCUT2D eigenvalue weighted by atomic mass is 10.1. The molecule has 2 atom stereocenters. The Balaban J connectivity index is 1.30. The van der Waals surface area contributed by atoms with E-state index in [2.05, 4.69) is 30.8 Å². The smallest absolute Gasteiger partial charge is 0.407 e. The van der Waals surface area contributed by atoms with Crippen LogP contribution in [-0.2, 0) is 6.54 Å². The SMILES string of the molecule is N#Cc1cnc(N2CCC2)c(-c2nnc(C(=O)N[C@@H]3C[C@@H](Cn4ccnn4)N(C(=O)O)C3)o2)c1. The van der Waals surface area contributed by atoms with Crippen molar-refractivity contribution in [2.75, 3.05) is 24.5 Å². The molecule has 2 saturated heterocycles. The molecule has 2 aliphatic rings. The fraction of sp³-hybridized carbons (Fsp3) is 0.400. The van der Waals surface area contributed by atoms with Gasteiger partial charge in [0.05, 0.1) is 29.9 Å². The molecule has 14 heteroatoms. The van der Waals surface area contributed by atoms with Crippen LogP contribution in [0.4, 0.5) is 10.6 Å². The van der Waals surface area contributed by atoms with E-state index in [1.54, 1.807) is 16.9 Å². The van der Waals surface area contributed by atoms with Gasteiger partial charge < -0.3 is 24.6 Å². The van der Waals surface area contributed by atoms with E-state index in [1.807, 2.05) is 11.0 Å². The van der Waals surface area contributed by atoms with Gasteiger partial charge in [0.25, 0.3) is 5.89 Å². The highest BCUT2D eigenvalue weighted by molar-refractivity contribution is 5.90. The van der Waals surface area contributed by atoms with Crippen LogP contribution in [0.15, 0.2) is 29.1 Å². The van der Waals surface area contributed by atoms with E-state index >= 15 is 0 Å². The number of carboxylic acid groups (broad SMARTS) is 1. The molecule has 0 radical (unpaired) electrons. The number of likely N-dealkylation sites (tertiary alicyclic amines) is 1. The maximum absolute atomic E-state index is 12.8. The Morgan fingerprint density at radius 3 is 2.85 bits per heavy atom. The topological polar surface area (TPSA) is 179 Å². The van der Waals surface area contributed by atoms with Gasteiger partial charge in [-0.1, -0.05) is 5.21 Å². The maximum atomic E-state index is 12.8. The molecule has 2 aliphatic heterocycles. The third kappa shape index (κ3) is 4.10. The standard InChI is InChI=1S/C20H20N10O4/c21-8-12-6-15(16(22-9-12)28-3-1-4-28)18-25-26-19(34-18)17(31)24-13-7-14(30(10-13)20(32)33)11-29-5-2-23-27-29/h2,5-6,9,13-14H,1,3-4,7,10-11H2,(H,24,31)(H,32,33)/t13-,14+/m1/s1. The van der Waals surface area contributed by atoms with Crippen molar-refractivity contribution in [3.63, 3.8) is 0 Å². The first kappa shape index (κ1) is 21.3. The number of amides is 2. The summed E-state index contributed by atoms with van der Waals surface area (Å²) in [5.41, 5.74) is 0.817. The quantitative estimate of drug-likeness (QED) is 0.514. The molecule has 2 N–H and O–H groups in total. The lowest BCUT2D eigenvalue weighted by Gasteiger charge is -2.32. The van der Waals surface area contributed by atoms with E-state index in [-0.39, 0.29) is 24.4 Å². The molecule has 3 aromatic heterocycles. The van der Waals surface area contributed by atoms with E-state index in [4.69, 9.17) is 4.42 Å². The summed E-state index contributed by atoms with van der Waals surface area (Å²) in [4.78, 5) is 32.1. The zero-order valence-electron chi connectivity index (χ0n) is 17.9. The number of carbonyl (C=O) groups is 2. The van der Waals surface area contributed by atoms with Crippen LogP contribution < -0.4 is 10.2 Å². The molecule has 2 fully saturated rings. The second-order valence-electron chi connectivity index (χ2n) is 8.08. The molecule has 0 bridgehead atoms. The Morgan fingerprint density at radius 1 is 1.32 bits per heavy atom. The highest BCUT2D eigenvalue weighted by Crippen LogP contribution is 2.31. The number of anilines is 1. The Hall–Kier alpha value is -4.54. The summed E-state index contributed by atoms with van der Waals surface area (Å²) in [5, 5.41) is 37.0. The Bertz CT molecular complexity index is 1250. The number of nitriles is 1. The third-order valence-corrected chi connectivity index (χ3v) is 5.87. The van der Waals surface area contributed by atoms with Crippen LogP contribution in [0.3, 0.4) is 0 Å². The van der Waals surface area contributed by atoms with Crippen LogP contribution in [0, 0.1) is 11.3 Å². The minimum atomic E-state index is -1.08. The highest BCUT2D eigenvalue weighted by Gasteiger charge is 2.37. The van der Waals surface area contributed by atoms with Gasteiger partial charge >= 0.3 is 17.9 Å². The van der Waals surface area contributed by atoms with E-state index in [1.165, 1.54) is 17.3 Å². The molecular weight excluding hydrogens is 444 g/mol. The van der Waals surface area contributed by atoms with Crippen LogP contribution in [0.5, 0.6) is 0 Å². The van der Waals surface area contributed by atoms with Crippen molar-refractivity contribution in [3.8, 4) is 17.5 Å². The van der Waals surface area contributed by atoms with Gasteiger partial charge in [-0.25, -0.2) is 9.78 Å². The van der Waals surface area contributed by atoms with Gasteiger partial charge in [0.1, 0.15) is 11.9 Å². The number of hydrogen-bond donors (Lipinski definition) is 2. The summed E-state index contributed by atoms with van der Waals surface area (Å²) in [6, 6.07) is 2.83. The molecule has 5 rings (SSSR count). The first-order chi connectivity index (χ1) is 16.5. The molecule has 3 aromatic rings. The number of carbonyl (C=O) groups excluding carboxylic acids is 1. The fourth-order valence-electron chi connectivity index (χ4n) is 4.10. The number of hydrogen-bond acceptors (Lipinski definition) is 10. The van der Waals surface area contributed by atoms with Crippen LogP contribution in [-0.4, -0.2) is 83.9 Å². The number of aromatic nitrogens is 6. The van der Waals surface area contributed by atoms with Crippen molar-refractivity contribution in [2.24, 2.45) is 0 Å². The summed E-state index contributed by atoms with van der Waals surface area (Å²) in [5.74, 6) is -0.164. The molecule has 2 amide bonds. The van der Waals surface area contributed by atoms with Gasteiger partial charge in [0.2, 0.25) is 0 Å². The molecule has 0 unspecified atom stereocenters. The Labute approximate surface area is 192 Å². The van der Waals surface area contributed by atoms with Crippen LogP contribution in [0.25, 0.3) is 11.5 Å². The molecule has 174 valence electrons. The minimum Gasteiger partial charge on any atom is -0.465 e. The number of pyridine rings is 1. The summed E-state index contributed by atoms with van der Waals surface area (Å²) in [6.07, 6.45) is 4.99. The molecule has 34 heavy (non-hydrogen) atoms. The van der Waals surface area contributed by atoms with E-state index in [0.717, 1.165) is 19.5 Å². The first-order valence-electron chi connectivity index (χ1n) is 10.7. The van der Waals surface area contributed by atoms with Crippen LogP contribution >= 0.6 is 0 Å². The van der Waals surface area contributed by atoms with Gasteiger partial charge in [0.15, 0.2) is 0 Å². The van der Waals surface area contributed by atoms with Crippen molar-refractivity contribution in [1.82, 2.24) is 40.4 Å². The summed E-state index contributed by atoms with van der Waals surface area (Å²) < 4.78 is 7.17. The van der Waals surface area contributed by atoms with Gasteiger partial charge in [0, 0.05) is 38.1 Å². The molecule has 0 spiro atoms. The van der Waals surface area contributed by atoms with Gasteiger partial charge in [-0.15, -0.1) is 15.3 Å². The van der Waals surface area contributed by atoms with Crippen molar-refractivity contribution in [2.45, 2.75) is 31.5 Å². The number of rotatable bonds is 6. The normalized spacial score (nSPS) is 19.5. The predicted molar refractivity (Wildman–Crippen MR) is 113 cm³/mol. The molecular formula is C20H20N10O4. The zero-order chi connectivity index (χ0) is 23.7. The lowest BCUT2D eigenvalue weighted by Crippen LogP contribution is -2.39. The third-order valence-electron chi connectivity index (χ3n) is 5.87. The lowest BCUT2D eigenvalue weighted by molar-refractivity contribution is 0.0901. The molecule has 5 heterocycles. The summed E-state index contributed by atoms with van der Waals surface area (Å²) in [6.45, 7) is 2.09.